The van der Waals surface area contributed by atoms with Crippen LogP contribution in [0.5, 0.6) is 0 Å². The number of aromatic nitrogens is 1. The van der Waals surface area contributed by atoms with Crippen LogP contribution in [0.15, 0.2) is 62.7 Å². The van der Waals surface area contributed by atoms with Gasteiger partial charge in [0.05, 0.1) is 30.5 Å². The lowest BCUT2D eigenvalue weighted by Crippen LogP contribution is -2.47. The van der Waals surface area contributed by atoms with Crippen molar-refractivity contribution in [2.24, 2.45) is 0 Å². The Bertz CT molecular complexity index is 1290. The molecule has 3 heterocycles. The highest BCUT2D eigenvalue weighted by molar-refractivity contribution is 5.95. The summed E-state index contributed by atoms with van der Waals surface area (Å²) in [6.45, 7) is 5.23. The first-order chi connectivity index (χ1) is 17.3. The Morgan fingerprint density at radius 2 is 1.83 bits per heavy atom. The lowest BCUT2D eigenvalue weighted by atomic mass is 10.0. The summed E-state index contributed by atoms with van der Waals surface area (Å²) in [6.07, 6.45) is 1.85. The molecule has 1 unspecified atom stereocenters. The number of amides is 2. The Morgan fingerprint density at radius 1 is 1.06 bits per heavy atom. The van der Waals surface area contributed by atoms with Crippen LogP contribution in [0.25, 0.3) is 11.3 Å². The van der Waals surface area contributed by atoms with Crippen LogP contribution in [-0.2, 0) is 25.5 Å². The number of carbonyl (C=O) groups excluding carboxylic acids is 3. The number of oxazole rings is 1. The molecule has 2 N–H and O–H groups in total. The highest BCUT2D eigenvalue weighted by Gasteiger charge is 2.36. The van der Waals surface area contributed by atoms with Crippen molar-refractivity contribution in [3.8, 4) is 11.3 Å². The van der Waals surface area contributed by atoms with Crippen molar-refractivity contribution in [2.45, 2.75) is 39.7 Å². The molecule has 10 heteroatoms. The van der Waals surface area contributed by atoms with Gasteiger partial charge in [-0.05, 0) is 32.9 Å². The third-order valence-electron chi connectivity index (χ3n) is 5.50. The second-order valence-corrected chi connectivity index (χ2v) is 8.24. The largest absolute Gasteiger partial charge is 0.464 e. The summed E-state index contributed by atoms with van der Waals surface area (Å²) in [5, 5.41) is 5.20. The number of hydrogen-bond acceptors (Lipinski definition) is 8. The number of esters is 2. The number of aryl methyl sites for hydroxylation is 3. The average molecular weight is 494 g/mol. The molecule has 3 aromatic rings. The number of hydrogen-bond donors (Lipinski definition) is 2. The standard InChI is InChI=1S/C26H27N3O7/c1-4-33-25(31)23-18(28-26(32)29-24(23)19-10-7-16(3)35-19)14-34-22(30)12-11-21-27-13-20(36-21)17-8-5-15(2)6-9-17/h5-10,13,24H,4,11-12,14H2,1-3H3,(H2,28,29,32). The number of ether oxygens (including phenoxy) is 2. The van der Waals surface area contributed by atoms with E-state index in [0.29, 0.717) is 23.2 Å². The minimum atomic E-state index is -0.882. The molecule has 1 aromatic carbocycles. The number of nitrogens with zero attached hydrogens (tertiary/aromatic N) is 1. The molecule has 2 amide bonds. The summed E-state index contributed by atoms with van der Waals surface area (Å²) >= 11 is 0. The van der Waals surface area contributed by atoms with Crippen LogP contribution >= 0.6 is 0 Å². The van der Waals surface area contributed by atoms with E-state index in [0.717, 1.165) is 11.1 Å². The fourth-order valence-electron chi connectivity index (χ4n) is 3.71. The zero-order valence-corrected chi connectivity index (χ0v) is 20.3. The Labute approximate surface area is 207 Å². The first kappa shape index (κ1) is 24.8. The van der Waals surface area contributed by atoms with Gasteiger partial charge >= 0.3 is 18.0 Å². The van der Waals surface area contributed by atoms with Crippen LogP contribution in [0.1, 0.15) is 42.4 Å². The van der Waals surface area contributed by atoms with E-state index >= 15 is 0 Å². The van der Waals surface area contributed by atoms with E-state index in [1.165, 1.54) is 0 Å². The van der Waals surface area contributed by atoms with E-state index in [-0.39, 0.29) is 37.3 Å². The molecule has 0 saturated carbocycles. The van der Waals surface area contributed by atoms with Crippen LogP contribution in [0.3, 0.4) is 0 Å². The summed E-state index contributed by atoms with van der Waals surface area (Å²) < 4.78 is 21.9. The Balaban J connectivity index is 1.42. The molecule has 0 saturated heterocycles. The van der Waals surface area contributed by atoms with Crippen molar-refractivity contribution < 1.29 is 32.7 Å². The normalized spacial score (nSPS) is 15.3. The molecule has 0 radical (unpaired) electrons. The maximum Gasteiger partial charge on any atom is 0.338 e. The molecule has 0 aliphatic carbocycles. The van der Waals surface area contributed by atoms with Crippen molar-refractivity contribution in [1.29, 1.82) is 0 Å². The van der Waals surface area contributed by atoms with Crippen LogP contribution in [0.2, 0.25) is 0 Å². The number of nitrogens with one attached hydrogen (secondary N) is 2. The summed E-state index contributed by atoms with van der Waals surface area (Å²) in [7, 11) is 0. The van der Waals surface area contributed by atoms with Crippen molar-refractivity contribution in [3.05, 3.63) is 76.8 Å². The van der Waals surface area contributed by atoms with E-state index in [1.807, 2.05) is 31.2 Å². The Kier molecular flexibility index (Phi) is 7.53. The molecule has 1 aliphatic heterocycles. The second kappa shape index (κ2) is 10.9. The molecule has 4 rings (SSSR count). The first-order valence-electron chi connectivity index (χ1n) is 11.6. The highest BCUT2D eigenvalue weighted by Crippen LogP contribution is 2.29. The van der Waals surface area contributed by atoms with Gasteiger partial charge in [0.25, 0.3) is 0 Å². The molecule has 0 spiro atoms. The number of benzene rings is 1. The second-order valence-electron chi connectivity index (χ2n) is 8.24. The smallest absolute Gasteiger partial charge is 0.338 e. The van der Waals surface area contributed by atoms with Crippen molar-refractivity contribution in [3.63, 3.8) is 0 Å². The van der Waals surface area contributed by atoms with E-state index in [2.05, 4.69) is 15.6 Å². The third kappa shape index (κ3) is 5.83. The Morgan fingerprint density at radius 3 is 2.53 bits per heavy atom. The predicted molar refractivity (Wildman–Crippen MR) is 127 cm³/mol. The predicted octanol–water partition coefficient (Wildman–Crippen LogP) is 3.90. The van der Waals surface area contributed by atoms with Crippen molar-refractivity contribution in [1.82, 2.24) is 15.6 Å². The molecule has 0 fully saturated rings. The number of urea groups is 1. The van der Waals surface area contributed by atoms with Gasteiger partial charge in [-0.15, -0.1) is 0 Å². The lowest BCUT2D eigenvalue weighted by molar-refractivity contribution is -0.143. The number of furan rings is 1. The van der Waals surface area contributed by atoms with E-state index < -0.39 is 24.0 Å². The monoisotopic (exact) mass is 493 g/mol. The minimum Gasteiger partial charge on any atom is -0.464 e. The average Bonchev–Trinajstić information content (AvgIpc) is 3.51. The molecule has 10 nitrogen and oxygen atoms in total. The lowest BCUT2D eigenvalue weighted by Gasteiger charge is -2.27. The highest BCUT2D eigenvalue weighted by atomic mass is 16.5. The summed E-state index contributed by atoms with van der Waals surface area (Å²) in [5.41, 5.74) is 2.26. The molecule has 36 heavy (non-hydrogen) atoms. The van der Waals surface area contributed by atoms with Crippen molar-refractivity contribution in [2.75, 3.05) is 13.2 Å². The van der Waals surface area contributed by atoms with Gasteiger partial charge in [-0.25, -0.2) is 14.6 Å². The van der Waals surface area contributed by atoms with Gasteiger partial charge in [0.2, 0.25) is 0 Å². The summed E-state index contributed by atoms with van der Waals surface area (Å²) in [6, 6.07) is 9.77. The molecular weight excluding hydrogens is 466 g/mol. The fourth-order valence-corrected chi connectivity index (χ4v) is 3.71. The van der Waals surface area contributed by atoms with Crippen LogP contribution in [-0.4, -0.2) is 36.2 Å². The van der Waals surface area contributed by atoms with Gasteiger partial charge in [-0.1, -0.05) is 29.8 Å². The zero-order chi connectivity index (χ0) is 25.7. The van der Waals surface area contributed by atoms with E-state index in [9.17, 15) is 14.4 Å². The number of carbonyl (C=O) groups is 3. The van der Waals surface area contributed by atoms with Gasteiger partial charge in [0.15, 0.2) is 11.7 Å². The fraction of sp³-hybridized carbons (Fsp3) is 0.308. The maximum atomic E-state index is 12.7. The quantitative estimate of drug-likeness (QED) is 0.429. The molecule has 0 bridgehead atoms. The summed E-state index contributed by atoms with van der Waals surface area (Å²) in [5.74, 6) is 0.794. The first-order valence-corrected chi connectivity index (χ1v) is 11.6. The van der Waals surface area contributed by atoms with Gasteiger partial charge in [-0.2, -0.15) is 0 Å². The topological polar surface area (TPSA) is 133 Å². The van der Waals surface area contributed by atoms with Gasteiger partial charge in [-0.3, -0.25) is 4.79 Å². The third-order valence-corrected chi connectivity index (χ3v) is 5.50. The zero-order valence-electron chi connectivity index (χ0n) is 20.3. The van der Waals surface area contributed by atoms with E-state index in [1.54, 1.807) is 32.2 Å². The number of rotatable bonds is 9. The van der Waals surface area contributed by atoms with Gasteiger partial charge in [0.1, 0.15) is 24.2 Å². The minimum absolute atomic E-state index is 0.00285. The van der Waals surface area contributed by atoms with Crippen LogP contribution in [0, 0.1) is 13.8 Å². The van der Waals surface area contributed by atoms with Crippen LogP contribution < -0.4 is 10.6 Å². The molecule has 188 valence electrons. The van der Waals surface area contributed by atoms with Gasteiger partial charge < -0.3 is 28.9 Å². The summed E-state index contributed by atoms with van der Waals surface area (Å²) in [4.78, 5) is 41.7. The maximum absolute atomic E-state index is 12.7. The van der Waals surface area contributed by atoms with Crippen molar-refractivity contribution >= 4 is 18.0 Å². The van der Waals surface area contributed by atoms with Crippen LogP contribution in [0.4, 0.5) is 4.79 Å². The van der Waals surface area contributed by atoms with E-state index in [4.69, 9.17) is 18.3 Å². The molecule has 1 aliphatic rings. The molecule has 2 aromatic heterocycles. The Hall–Kier alpha value is -4.34. The SMILES string of the molecule is CCOC(=O)C1=C(COC(=O)CCc2ncc(-c3ccc(C)cc3)o2)NC(=O)NC1c1ccc(C)o1. The molecule has 1 atom stereocenters. The molecular formula is C26H27N3O7. The van der Waals surface area contributed by atoms with Gasteiger partial charge in [0, 0.05) is 12.0 Å².